The standard InChI is InChI=1S/C60H81N9O8S/c1-35-36(2)48(35)53(70)63-50-52(67-30-59(31-67)33-74-34-59)54-62-46(29-78-54)39-9-12-47-43(21-39)45(26-57(4,5)32-76-56(72)60-23-38(24-60)28-69(64-60)55(50)71)51(68(47)18-20-75-42-13-19-77-58(6,7)25-42)44-22-41(27-61-49(44)37(3)73-8)66-16-14-65(15-17-66)40-10-11-40/h9,12,21-22,27,29,35-38,40,42,48,50,52,64H,10-11,13-20,23-26,28,30-34H2,1-8H3,(H,63,70)/t35-,36+,37-,38?,42-,48?,50-,52-,60?/m0/s1. The number of hydrazine groups is 1. The molecule has 7 bridgehead atoms. The molecule has 10 heterocycles. The molecule has 9 fully saturated rings. The first-order valence-electron chi connectivity index (χ1n) is 29.2. The molecule has 2 amide bonds. The molecule has 78 heavy (non-hydrogen) atoms. The van der Waals surface area contributed by atoms with Gasteiger partial charge in [-0.1, -0.05) is 33.8 Å². The van der Waals surface area contributed by atoms with Gasteiger partial charge in [-0.25, -0.2) is 15.2 Å². The van der Waals surface area contributed by atoms with Gasteiger partial charge in [0, 0.05) is 123 Å². The van der Waals surface area contributed by atoms with Crippen molar-refractivity contribution in [2.75, 3.05) is 90.9 Å². The van der Waals surface area contributed by atoms with E-state index in [-0.39, 0.29) is 71.3 Å². The van der Waals surface area contributed by atoms with Gasteiger partial charge in [0.2, 0.25) is 5.91 Å². The Hall–Kier alpha value is -4.53. The van der Waals surface area contributed by atoms with Crippen LogP contribution in [0.1, 0.15) is 115 Å². The van der Waals surface area contributed by atoms with Crippen LogP contribution >= 0.6 is 11.3 Å². The summed E-state index contributed by atoms with van der Waals surface area (Å²) < 4.78 is 33.8. The molecule has 2 spiro atoms. The zero-order chi connectivity index (χ0) is 54.0. The lowest BCUT2D eigenvalue weighted by Gasteiger charge is -2.58. The number of benzene rings is 1. The number of amides is 2. The fourth-order valence-electron chi connectivity index (χ4n) is 14.5. The van der Waals surface area contributed by atoms with Crippen LogP contribution in [0.25, 0.3) is 33.4 Å². The molecule has 14 rings (SSSR count). The fraction of sp³-hybridized carbons (Fsp3) is 0.683. The Kier molecular flexibility index (Phi) is 13.5. The maximum Gasteiger partial charge on any atom is 0.328 e. The topological polar surface area (TPSA) is 165 Å². The number of likely N-dealkylation sites (tertiary alicyclic amines) is 1. The fourth-order valence-corrected chi connectivity index (χ4v) is 15.5. The third-order valence-corrected chi connectivity index (χ3v) is 20.4. The number of hydrogen-bond donors (Lipinski definition) is 2. The average molecular weight is 1090 g/mol. The van der Waals surface area contributed by atoms with Gasteiger partial charge in [-0.05, 0) is 101 Å². The van der Waals surface area contributed by atoms with E-state index in [2.05, 4.69) is 108 Å². The largest absolute Gasteiger partial charge is 0.464 e. The van der Waals surface area contributed by atoms with E-state index in [1.54, 1.807) is 12.1 Å². The second kappa shape index (κ2) is 19.9. The highest BCUT2D eigenvalue weighted by Gasteiger charge is 2.60. The lowest BCUT2D eigenvalue weighted by atomic mass is 9.66. The number of nitrogens with one attached hydrogen (secondary N) is 2. The smallest absolute Gasteiger partial charge is 0.328 e. The number of methoxy groups -OCH3 is 1. The molecule has 7 atom stereocenters. The summed E-state index contributed by atoms with van der Waals surface area (Å²) in [6, 6.07) is 8.26. The van der Waals surface area contributed by atoms with E-state index in [1.807, 2.05) is 6.20 Å². The normalized spacial score (nSPS) is 31.9. The highest BCUT2D eigenvalue weighted by Crippen LogP contribution is 2.50. The number of cyclic esters (lactones) is 1. The third kappa shape index (κ3) is 9.68. The van der Waals surface area contributed by atoms with Crippen molar-refractivity contribution in [2.24, 2.45) is 34.5 Å². The van der Waals surface area contributed by atoms with E-state index in [4.69, 9.17) is 33.7 Å². The van der Waals surface area contributed by atoms with E-state index >= 15 is 4.79 Å². The molecule has 1 unspecified atom stereocenters. The predicted octanol–water partition coefficient (Wildman–Crippen LogP) is 7.17. The maximum absolute atomic E-state index is 15.4. The van der Waals surface area contributed by atoms with Crippen LogP contribution in [0.2, 0.25) is 0 Å². The number of rotatable bonds is 12. The van der Waals surface area contributed by atoms with Crippen LogP contribution < -0.4 is 15.6 Å². The zero-order valence-electron chi connectivity index (χ0n) is 47.1. The van der Waals surface area contributed by atoms with Gasteiger partial charge < -0.3 is 38.5 Å². The monoisotopic (exact) mass is 1090 g/mol. The number of anilines is 1. The van der Waals surface area contributed by atoms with Crippen LogP contribution in [0.5, 0.6) is 0 Å². The van der Waals surface area contributed by atoms with E-state index in [0.717, 1.165) is 114 Å². The molecular formula is C60H81N9O8S. The molecule has 17 nitrogen and oxygen atoms in total. The Morgan fingerprint density at radius 3 is 2.44 bits per heavy atom. The number of carbonyl (C=O) groups is 3. The van der Waals surface area contributed by atoms with E-state index in [1.165, 1.54) is 24.2 Å². The van der Waals surface area contributed by atoms with Crippen LogP contribution in [0.4, 0.5) is 5.69 Å². The average Bonchev–Trinajstić information content (AvgIpc) is 4.26. The number of piperazine rings is 1. The van der Waals surface area contributed by atoms with Gasteiger partial charge in [0.05, 0.1) is 79.2 Å². The van der Waals surface area contributed by atoms with Gasteiger partial charge in [0.1, 0.15) is 16.6 Å². The van der Waals surface area contributed by atoms with Crippen molar-refractivity contribution in [1.82, 2.24) is 40.1 Å². The van der Waals surface area contributed by atoms with Crippen LogP contribution in [-0.2, 0) is 51.0 Å². The molecule has 3 aromatic heterocycles. The van der Waals surface area contributed by atoms with Crippen molar-refractivity contribution in [3.05, 3.63) is 52.1 Å². The second-order valence-corrected chi connectivity index (χ2v) is 27.4. The summed E-state index contributed by atoms with van der Waals surface area (Å²) in [6.07, 6.45) is 7.78. The van der Waals surface area contributed by atoms with Crippen molar-refractivity contribution in [1.29, 1.82) is 0 Å². The number of esters is 1. The van der Waals surface area contributed by atoms with Crippen LogP contribution in [0, 0.1) is 34.5 Å². The zero-order valence-corrected chi connectivity index (χ0v) is 47.9. The van der Waals surface area contributed by atoms with E-state index in [9.17, 15) is 9.59 Å². The number of fused-ring (bicyclic) bond motifs is 4. The highest BCUT2D eigenvalue weighted by atomic mass is 32.1. The van der Waals surface area contributed by atoms with Gasteiger partial charge in [-0.2, -0.15) is 0 Å². The molecule has 3 saturated carbocycles. The molecule has 10 aliphatic rings. The Morgan fingerprint density at radius 1 is 0.974 bits per heavy atom. The van der Waals surface area contributed by atoms with Crippen molar-refractivity contribution >= 4 is 45.7 Å². The van der Waals surface area contributed by atoms with Crippen LogP contribution in [0.3, 0.4) is 0 Å². The molecule has 6 saturated heterocycles. The first kappa shape index (κ1) is 52.8. The minimum absolute atomic E-state index is 0.0234. The minimum atomic E-state index is -1.06. The molecule has 3 aliphatic carbocycles. The van der Waals surface area contributed by atoms with E-state index in [0.29, 0.717) is 58.8 Å². The van der Waals surface area contributed by atoms with E-state index < -0.39 is 23.0 Å². The Labute approximate surface area is 463 Å². The summed E-state index contributed by atoms with van der Waals surface area (Å²) in [5.41, 5.74) is 9.59. The van der Waals surface area contributed by atoms with Crippen LogP contribution in [0.15, 0.2) is 35.8 Å². The third-order valence-electron chi connectivity index (χ3n) is 19.5. The summed E-state index contributed by atoms with van der Waals surface area (Å²) in [5.74, 6) is -0.349. The Morgan fingerprint density at radius 2 is 1.74 bits per heavy atom. The van der Waals surface area contributed by atoms with Gasteiger partial charge in [0.15, 0.2) is 0 Å². The molecule has 1 aromatic carbocycles. The molecule has 2 N–H and O–H groups in total. The number of pyridine rings is 1. The number of ether oxygens (including phenoxy) is 5. The quantitative estimate of drug-likeness (QED) is 0.137. The van der Waals surface area contributed by atoms with Crippen molar-refractivity contribution in [3.8, 4) is 22.5 Å². The number of aromatic nitrogens is 3. The number of hydrogen-bond acceptors (Lipinski definition) is 15. The van der Waals surface area contributed by atoms with Gasteiger partial charge in [0.25, 0.3) is 5.91 Å². The van der Waals surface area contributed by atoms with Gasteiger partial charge in [-0.3, -0.25) is 29.4 Å². The molecule has 7 aliphatic heterocycles. The molecule has 0 radical (unpaired) electrons. The van der Waals surface area contributed by atoms with Crippen molar-refractivity contribution in [2.45, 2.75) is 141 Å². The summed E-state index contributed by atoms with van der Waals surface area (Å²) >= 11 is 1.54. The number of nitrogens with zero attached hydrogens (tertiary/aromatic N) is 7. The van der Waals surface area contributed by atoms with Crippen molar-refractivity contribution < 1.29 is 38.1 Å². The molecule has 18 heteroatoms. The summed E-state index contributed by atoms with van der Waals surface area (Å²) in [7, 11) is 1.75. The van der Waals surface area contributed by atoms with Gasteiger partial charge in [-0.15, -0.1) is 11.3 Å². The lowest BCUT2D eigenvalue weighted by molar-refractivity contribution is -0.204. The lowest BCUT2D eigenvalue weighted by Crippen LogP contribution is -2.76. The minimum Gasteiger partial charge on any atom is -0.464 e. The molecule has 420 valence electrons. The first-order chi connectivity index (χ1) is 37.4. The first-order valence-corrected chi connectivity index (χ1v) is 30.1. The summed E-state index contributed by atoms with van der Waals surface area (Å²) in [4.78, 5) is 62.7. The molecular weight excluding hydrogens is 1010 g/mol. The van der Waals surface area contributed by atoms with Crippen molar-refractivity contribution in [3.63, 3.8) is 0 Å². The second-order valence-electron chi connectivity index (χ2n) is 26.5. The highest BCUT2D eigenvalue weighted by molar-refractivity contribution is 7.10. The number of carbonyl (C=O) groups excluding carboxylic acids is 3. The SMILES string of the molecule is CO[C@@H](C)c1ncc(N2CCN(C3CC3)CC2)cc1-c1c2c3cc(ccc3n1CCO[C@H]1CCOC(C)(C)C1)-c1csc(n1)[C@@H](N1CC3(COC3)C1)[C@H](NC(=O)C1[C@@H](C)[C@H]1C)C(=O)N1CC3CC(C3)(N1)C(=O)OCC(C)(C)C2. The van der Waals surface area contributed by atoms with Gasteiger partial charge >= 0.3 is 5.97 Å². The summed E-state index contributed by atoms with van der Waals surface area (Å²) in [6.45, 7) is 24.0. The maximum atomic E-state index is 15.4. The van der Waals surface area contributed by atoms with Crippen LogP contribution in [-0.4, -0.2) is 162 Å². The predicted molar refractivity (Wildman–Crippen MR) is 298 cm³/mol. The molecule has 4 aromatic rings. The Balaban J connectivity index is 0.957. The Bertz CT molecular complexity index is 2950. The summed E-state index contributed by atoms with van der Waals surface area (Å²) in [5, 5.41) is 8.91. The number of thiazole rings is 1.